The minimum Gasteiger partial charge on any atom is -0.369 e. The van der Waals surface area contributed by atoms with Gasteiger partial charge in [0.1, 0.15) is 15.7 Å². The fourth-order valence-electron chi connectivity index (χ4n) is 3.49. The number of nitrogens with zero attached hydrogens (tertiary/aromatic N) is 3. The van der Waals surface area contributed by atoms with Gasteiger partial charge >= 0.3 is 0 Å². The van der Waals surface area contributed by atoms with Gasteiger partial charge in [-0.25, -0.2) is 9.97 Å². The molecule has 1 saturated heterocycles. The number of benzene rings is 1. The van der Waals surface area contributed by atoms with Crippen molar-refractivity contribution in [3.63, 3.8) is 0 Å². The number of piperidine rings is 1. The number of rotatable bonds is 5. The summed E-state index contributed by atoms with van der Waals surface area (Å²) in [7, 11) is 0. The minimum absolute atomic E-state index is 0.0702. The average molecular weight is 427 g/mol. The molecule has 4 rings (SSSR count). The van der Waals surface area contributed by atoms with Crippen LogP contribution in [0, 0.1) is 12.8 Å². The fourth-order valence-corrected chi connectivity index (χ4v) is 5.58. The molecular formula is C21H22N4O2S2. The van der Waals surface area contributed by atoms with Gasteiger partial charge in [0.25, 0.3) is 0 Å². The van der Waals surface area contributed by atoms with Crippen LogP contribution in [0.1, 0.15) is 18.7 Å². The number of likely N-dealkylation sites (tertiary alicyclic amines) is 1. The van der Waals surface area contributed by atoms with Crippen LogP contribution < -0.4 is 5.73 Å². The molecule has 3 heterocycles. The van der Waals surface area contributed by atoms with Gasteiger partial charge in [0, 0.05) is 29.3 Å². The topological polar surface area (TPSA) is 89.2 Å². The van der Waals surface area contributed by atoms with Gasteiger partial charge in [-0.15, -0.1) is 11.3 Å². The minimum atomic E-state index is -0.267. The molecule has 0 aliphatic carbocycles. The molecule has 0 radical (unpaired) electrons. The van der Waals surface area contributed by atoms with Crippen molar-refractivity contribution in [2.45, 2.75) is 24.8 Å². The Balaban J connectivity index is 1.48. The lowest BCUT2D eigenvalue weighted by molar-refractivity contribution is -0.132. The predicted molar refractivity (Wildman–Crippen MR) is 117 cm³/mol. The Kier molecular flexibility index (Phi) is 5.82. The van der Waals surface area contributed by atoms with Crippen LogP contribution in [0.15, 0.2) is 41.4 Å². The number of nitrogens with two attached hydrogens (primary N) is 1. The molecule has 1 aromatic carbocycles. The first kappa shape index (κ1) is 19.8. The number of amides is 2. The standard InChI is InChI=1S/C21H22N4O2S2/c1-13-23-20(28-12-18(26)25-9-7-15(8-10-25)19(22)27)16-11-17(29-21(16)24-13)14-5-3-2-4-6-14/h2-6,11,15H,7-10,12H2,1H3,(H2,22,27). The number of fused-ring (bicyclic) bond motifs is 1. The van der Waals surface area contributed by atoms with Crippen molar-refractivity contribution in [3.05, 3.63) is 42.2 Å². The van der Waals surface area contributed by atoms with Gasteiger partial charge in [-0.1, -0.05) is 42.1 Å². The number of carbonyl (C=O) groups excluding carboxylic acids is 2. The van der Waals surface area contributed by atoms with E-state index in [9.17, 15) is 9.59 Å². The zero-order valence-corrected chi connectivity index (χ0v) is 17.8. The Labute approximate surface area is 177 Å². The van der Waals surface area contributed by atoms with Crippen molar-refractivity contribution in [3.8, 4) is 10.4 Å². The highest BCUT2D eigenvalue weighted by atomic mass is 32.2. The number of thioether (sulfide) groups is 1. The number of primary amides is 1. The van der Waals surface area contributed by atoms with Gasteiger partial charge in [0.15, 0.2) is 0 Å². The molecule has 2 aromatic heterocycles. The van der Waals surface area contributed by atoms with E-state index in [-0.39, 0.29) is 17.7 Å². The second kappa shape index (κ2) is 8.51. The molecule has 3 aromatic rings. The highest BCUT2D eigenvalue weighted by Gasteiger charge is 2.26. The third kappa shape index (κ3) is 4.43. The number of aryl methyl sites for hydroxylation is 1. The number of aromatic nitrogens is 2. The first-order chi connectivity index (χ1) is 14.0. The van der Waals surface area contributed by atoms with Gasteiger partial charge < -0.3 is 10.6 Å². The van der Waals surface area contributed by atoms with Gasteiger partial charge in [-0.3, -0.25) is 9.59 Å². The summed E-state index contributed by atoms with van der Waals surface area (Å²) in [5.41, 5.74) is 6.53. The highest BCUT2D eigenvalue weighted by molar-refractivity contribution is 8.00. The summed E-state index contributed by atoms with van der Waals surface area (Å²) in [5, 5.41) is 1.83. The Morgan fingerprint density at radius 2 is 1.93 bits per heavy atom. The summed E-state index contributed by atoms with van der Waals surface area (Å²) in [6.07, 6.45) is 1.29. The lowest BCUT2D eigenvalue weighted by atomic mass is 9.96. The van der Waals surface area contributed by atoms with Crippen LogP contribution in [0.4, 0.5) is 0 Å². The highest BCUT2D eigenvalue weighted by Crippen LogP contribution is 2.36. The van der Waals surface area contributed by atoms with Crippen LogP contribution in [-0.4, -0.2) is 45.5 Å². The maximum Gasteiger partial charge on any atom is 0.232 e. The van der Waals surface area contributed by atoms with Crippen molar-refractivity contribution in [2.24, 2.45) is 11.7 Å². The largest absolute Gasteiger partial charge is 0.369 e. The molecular weight excluding hydrogens is 404 g/mol. The maximum absolute atomic E-state index is 12.6. The molecule has 0 spiro atoms. The predicted octanol–water partition coefficient (Wildman–Crippen LogP) is 3.48. The van der Waals surface area contributed by atoms with Crippen LogP contribution >= 0.6 is 23.1 Å². The lowest BCUT2D eigenvalue weighted by Gasteiger charge is -2.30. The van der Waals surface area contributed by atoms with Gasteiger partial charge in [0.05, 0.1) is 5.75 Å². The molecule has 2 amide bonds. The molecule has 0 saturated carbocycles. The SMILES string of the molecule is Cc1nc(SCC(=O)N2CCC(C(N)=O)CC2)c2cc(-c3ccccc3)sc2n1. The molecule has 0 atom stereocenters. The quantitative estimate of drug-likeness (QED) is 0.498. The molecule has 8 heteroatoms. The summed E-state index contributed by atoms with van der Waals surface area (Å²) >= 11 is 3.09. The third-order valence-electron chi connectivity index (χ3n) is 5.11. The molecule has 1 aliphatic heterocycles. The molecule has 2 N–H and O–H groups in total. The molecule has 150 valence electrons. The summed E-state index contributed by atoms with van der Waals surface area (Å²) in [4.78, 5) is 37.0. The lowest BCUT2D eigenvalue weighted by Crippen LogP contribution is -2.42. The van der Waals surface area contributed by atoms with Gasteiger partial charge in [0.2, 0.25) is 11.8 Å². The second-order valence-corrected chi connectivity index (χ2v) is 9.11. The molecule has 0 unspecified atom stereocenters. The fraction of sp³-hybridized carbons (Fsp3) is 0.333. The Morgan fingerprint density at radius 3 is 2.62 bits per heavy atom. The Bertz CT molecular complexity index is 1040. The van der Waals surface area contributed by atoms with Crippen molar-refractivity contribution in [1.82, 2.24) is 14.9 Å². The van der Waals surface area contributed by atoms with E-state index < -0.39 is 0 Å². The molecule has 6 nitrogen and oxygen atoms in total. The van der Waals surface area contributed by atoms with Crippen LogP contribution in [0.3, 0.4) is 0 Å². The summed E-state index contributed by atoms with van der Waals surface area (Å²) < 4.78 is 0. The number of hydrogen-bond acceptors (Lipinski definition) is 6. The zero-order chi connectivity index (χ0) is 20.4. The van der Waals surface area contributed by atoms with Gasteiger partial charge in [-0.2, -0.15) is 0 Å². The average Bonchev–Trinajstić information content (AvgIpc) is 3.16. The van der Waals surface area contributed by atoms with E-state index in [1.165, 1.54) is 11.8 Å². The maximum atomic E-state index is 12.6. The first-order valence-electron chi connectivity index (χ1n) is 9.55. The van der Waals surface area contributed by atoms with E-state index in [0.29, 0.717) is 37.5 Å². The summed E-state index contributed by atoms with van der Waals surface area (Å²) in [5.74, 6) is 0.718. The van der Waals surface area contributed by atoms with Crippen molar-refractivity contribution in [2.75, 3.05) is 18.8 Å². The van der Waals surface area contributed by atoms with Crippen LogP contribution in [0.25, 0.3) is 20.7 Å². The Morgan fingerprint density at radius 1 is 1.21 bits per heavy atom. The van der Waals surface area contributed by atoms with E-state index in [1.54, 1.807) is 11.3 Å². The van der Waals surface area contributed by atoms with Gasteiger partial charge in [-0.05, 0) is 31.4 Å². The van der Waals surface area contributed by atoms with E-state index >= 15 is 0 Å². The zero-order valence-electron chi connectivity index (χ0n) is 16.1. The molecule has 29 heavy (non-hydrogen) atoms. The van der Waals surface area contributed by atoms with E-state index in [1.807, 2.05) is 30.0 Å². The molecule has 1 aliphatic rings. The molecule has 0 bridgehead atoms. The van der Waals surface area contributed by atoms with Crippen LogP contribution in [0.5, 0.6) is 0 Å². The first-order valence-corrected chi connectivity index (χ1v) is 11.3. The monoisotopic (exact) mass is 426 g/mol. The number of thiophene rings is 1. The third-order valence-corrected chi connectivity index (χ3v) is 7.16. The van der Waals surface area contributed by atoms with Crippen molar-refractivity contribution < 1.29 is 9.59 Å². The smallest absolute Gasteiger partial charge is 0.232 e. The van der Waals surface area contributed by atoms with Crippen molar-refractivity contribution >= 4 is 45.1 Å². The van der Waals surface area contributed by atoms with E-state index in [0.717, 1.165) is 25.7 Å². The van der Waals surface area contributed by atoms with Crippen LogP contribution in [-0.2, 0) is 9.59 Å². The number of carbonyl (C=O) groups is 2. The van der Waals surface area contributed by atoms with Crippen LogP contribution in [0.2, 0.25) is 0 Å². The summed E-state index contributed by atoms with van der Waals surface area (Å²) in [6.45, 7) is 3.05. The number of hydrogen-bond donors (Lipinski definition) is 1. The molecule has 1 fully saturated rings. The summed E-state index contributed by atoms with van der Waals surface area (Å²) in [6, 6.07) is 12.3. The Hall–Kier alpha value is -2.45. The normalized spacial score (nSPS) is 15.0. The van der Waals surface area contributed by atoms with E-state index in [2.05, 4.69) is 28.2 Å². The van der Waals surface area contributed by atoms with E-state index in [4.69, 9.17) is 5.73 Å². The van der Waals surface area contributed by atoms with Crippen molar-refractivity contribution in [1.29, 1.82) is 0 Å². The second-order valence-electron chi connectivity index (χ2n) is 7.12.